The molecule has 0 radical (unpaired) electrons. The number of nitrogens with zero attached hydrogens (tertiary/aromatic N) is 2. The molecule has 114 valence electrons. The topological polar surface area (TPSA) is 38.0 Å². The van der Waals surface area contributed by atoms with Crippen molar-refractivity contribution in [1.29, 1.82) is 0 Å². The van der Waals surface area contributed by atoms with Gasteiger partial charge in [0.15, 0.2) is 0 Å². The minimum atomic E-state index is -0.703. The number of aryl methyl sites for hydroxylation is 1. The monoisotopic (exact) mass is 298 g/mol. The van der Waals surface area contributed by atoms with Crippen LogP contribution in [-0.2, 0) is 6.54 Å². The molecular formula is C18H19FN2O. The Labute approximate surface area is 129 Å². The van der Waals surface area contributed by atoms with Crippen LogP contribution < -0.4 is 0 Å². The van der Waals surface area contributed by atoms with Gasteiger partial charge in [0.2, 0.25) is 0 Å². The van der Waals surface area contributed by atoms with Gasteiger partial charge in [-0.25, -0.2) is 9.37 Å². The zero-order valence-electron chi connectivity index (χ0n) is 12.8. The number of benzene rings is 2. The molecule has 4 heteroatoms. The first-order chi connectivity index (χ1) is 10.4. The van der Waals surface area contributed by atoms with Crippen LogP contribution in [0, 0.1) is 5.82 Å². The van der Waals surface area contributed by atoms with E-state index in [-0.39, 0.29) is 5.82 Å². The van der Waals surface area contributed by atoms with Crippen LogP contribution in [0.4, 0.5) is 4.39 Å². The van der Waals surface area contributed by atoms with Crippen molar-refractivity contribution in [3.63, 3.8) is 0 Å². The normalized spacial score (nSPS) is 12.0. The van der Waals surface area contributed by atoms with Gasteiger partial charge in [0.05, 0.1) is 23.0 Å². The van der Waals surface area contributed by atoms with Crippen molar-refractivity contribution in [3.8, 4) is 11.1 Å². The Hall–Kier alpha value is -2.20. The van der Waals surface area contributed by atoms with Crippen molar-refractivity contribution in [2.45, 2.75) is 32.4 Å². The Kier molecular flexibility index (Phi) is 3.71. The first kappa shape index (κ1) is 14.7. The first-order valence-corrected chi connectivity index (χ1v) is 7.36. The average molecular weight is 298 g/mol. The highest BCUT2D eigenvalue weighted by Crippen LogP contribution is 2.25. The summed E-state index contributed by atoms with van der Waals surface area (Å²) in [7, 11) is 0. The number of imidazole rings is 1. The number of hydrogen-bond donors (Lipinski definition) is 1. The maximum atomic E-state index is 13.0. The smallest absolute Gasteiger partial charge is 0.123 e. The van der Waals surface area contributed by atoms with Gasteiger partial charge in [-0.15, -0.1) is 0 Å². The molecule has 1 aromatic heterocycles. The van der Waals surface area contributed by atoms with Crippen molar-refractivity contribution in [2.75, 3.05) is 0 Å². The summed E-state index contributed by atoms with van der Waals surface area (Å²) >= 11 is 0. The van der Waals surface area contributed by atoms with Gasteiger partial charge in [-0.2, -0.15) is 0 Å². The van der Waals surface area contributed by atoms with Crippen LogP contribution in [0.15, 0.2) is 48.8 Å². The lowest BCUT2D eigenvalue weighted by Crippen LogP contribution is -2.20. The van der Waals surface area contributed by atoms with Gasteiger partial charge >= 0.3 is 0 Å². The van der Waals surface area contributed by atoms with Crippen molar-refractivity contribution >= 4 is 11.0 Å². The second-order valence-corrected chi connectivity index (χ2v) is 6.21. The molecule has 0 aliphatic heterocycles. The van der Waals surface area contributed by atoms with Crippen LogP contribution in [0.25, 0.3) is 22.2 Å². The molecule has 3 rings (SSSR count). The fraction of sp³-hybridized carbons (Fsp3) is 0.278. The number of fused-ring (bicyclic) bond motifs is 1. The van der Waals surface area contributed by atoms with Crippen LogP contribution in [-0.4, -0.2) is 20.3 Å². The van der Waals surface area contributed by atoms with E-state index < -0.39 is 5.60 Å². The van der Waals surface area contributed by atoms with Gasteiger partial charge in [0, 0.05) is 6.54 Å². The van der Waals surface area contributed by atoms with Crippen LogP contribution in [0.2, 0.25) is 0 Å². The van der Waals surface area contributed by atoms with E-state index in [1.54, 1.807) is 32.3 Å². The molecule has 0 aliphatic rings. The predicted octanol–water partition coefficient (Wildman–Crippen LogP) is 4.00. The van der Waals surface area contributed by atoms with Crippen molar-refractivity contribution in [2.24, 2.45) is 0 Å². The zero-order valence-corrected chi connectivity index (χ0v) is 12.8. The van der Waals surface area contributed by atoms with Crippen molar-refractivity contribution < 1.29 is 9.50 Å². The molecule has 3 nitrogen and oxygen atoms in total. The van der Waals surface area contributed by atoms with Crippen LogP contribution >= 0.6 is 0 Å². The Morgan fingerprint density at radius 3 is 2.45 bits per heavy atom. The van der Waals surface area contributed by atoms with Gasteiger partial charge in [-0.1, -0.05) is 18.2 Å². The first-order valence-electron chi connectivity index (χ1n) is 7.36. The number of aromatic nitrogens is 2. The van der Waals surface area contributed by atoms with Gasteiger partial charge in [0.25, 0.3) is 0 Å². The summed E-state index contributed by atoms with van der Waals surface area (Å²) in [4.78, 5) is 4.39. The molecule has 1 N–H and O–H groups in total. The summed E-state index contributed by atoms with van der Waals surface area (Å²) < 4.78 is 15.1. The maximum Gasteiger partial charge on any atom is 0.123 e. The molecule has 0 bridgehead atoms. The molecule has 22 heavy (non-hydrogen) atoms. The number of aliphatic hydroxyl groups is 1. The maximum absolute atomic E-state index is 13.0. The molecule has 3 aromatic rings. The third-order valence-corrected chi connectivity index (χ3v) is 3.76. The quantitative estimate of drug-likeness (QED) is 0.790. The second-order valence-electron chi connectivity index (χ2n) is 6.21. The summed E-state index contributed by atoms with van der Waals surface area (Å²) in [6, 6.07) is 12.5. The summed E-state index contributed by atoms with van der Waals surface area (Å²) in [5, 5.41) is 9.88. The molecule has 0 spiro atoms. The molecule has 0 saturated carbocycles. The molecule has 2 aromatic carbocycles. The van der Waals surface area contributed by atoms with Crippen molar-refractivity contribution in [1.82, 2.24) is 9.55 Å². The number of halogens is 1. The largest absolute Gasteiger partial charge is 0.390 e. The molecule has 0 saturated heterocycles. The zero-order chi connectivity index (χ0) is 15.7. The third kappa shape index (κ3) is 3.17. The summed E-state index contributed by atoms with van der Waals surface area (Å²) in [5.74, 6) is -0.236. The lowest BCUT2D eigenvalue weighted by atomic mass is 10.0. The minimum Gasteiger partial charge on any atom is -0.390 e. The number of hydrogen-bond acceptors (Lipinski definition) is 2. The highest BCUT2D eigenvalue weighted by atomic mass is 19.1. The van der Waals surface area contributed by atoms with Crippen LogP contribution in [0.1, 0.15) is 20.3 Å². The Balaban J connectivity index is 1.96. The Morgan fingerprint density at radius 1 is 1.09 bits per heavy atom. The van der Waals surface area contributed by atoms with Gasteiger partial charge in [0.1, 0.15) is 5.82 Å². The Bertz CT molecular complexity index is 785. The SMILES string of the molecule is CC(C)(O)CCn1cnc2ccc(-c3ccc(F)cc3)cc21. The predicted molar refractivity (Wildman–Crippen MR) is 86.0 cm³/mol. The summed E-state index contributed by atoms with van der Waals surface area (Å²) in [6.07, 6.45) is 2.45. The van der Waals surface area contributed by atoms with E-state index in [4.69, 9.17) is 0 Å². The summed E-state index contributed by atoms with van der Waals surface area (Å²) in [6.45, 7) is 4.30. The van der Waals surface area contributed by atoms with E-state index in [1.807, 2.05) is 16.7 Å². The van der Waals surface area contributed by atoms with Crippen LogP contribution in [0.3, 0.4) is 0 Å². The molecule has 0 amide bonds. The molecule has 0 unspecified atom stereocenters. The van der Waals surface area contributed by atoms with Gasteiger partial charge in [-0.3, -0.25) is 0 Å². The average Bonchev–Trinajstić information content (AvgIpc) is 2.87. The van der Waals surface area contributed by atoms with Gasteiger partial charge in [-0.05, 0) is 55.7 Å². The fourth-order valence-electron chi connectivity index (χ4n) is 2.45. The van der Waals surface area contributed by atoms with Gasteiger partial charge < -0.3 is 9.67 Å². The molecule has 0 aliphatic carbocycles. The highest BCUT2D eigenvalue weighted by Gasteiger charge is 2.13. The van der Waals surface area contributed by atoms with E-state index in [1.165, 1.54) is 12.1 Å². The third-order valence-electron chi connectivity index (χ3n) is 3.76. The highest BCUT2D eigenvalue weighted by molar-refractivity contribution is 5.82. The van der Waals surface area contributed by atoms with E-state index in [0.717, 1.165) is 22.2 Å². The summed E-state index contributed by atoms with van der Waals surface area (Å²) in [5.41, 5.74) is 3.23. The molecule has 0 atom stereocenters. The lowest BCUT2D eigenvalue weighted by molar-refractivity contribution is 0.0665. The standard InChI is InChI=1S/C18H19FN2O/c1-18(2,22)9-10-21-12-20-16-8-5-14(11-17(16)21)13-3-6-15(19)7-4-13/h3-8,11-12,22H,9-10H2,1-2H3. The molecular weight excluding hydrogens is 279 g/mol. The Morgan fingerprint density at radius 2 is 1.77 bits per heavy atom. The molecule has 1 heterocycles. The number of rotatable bonds is 4. The van der Waals surface area contributed by atoms with Crippen molar-refractivity contribution in [3.05, 3.63) is 54.6 Å². The van der Waals surface area contributed by atoms with E-state index in [9.17, 15) is 9.50 Å². The van der Waals surface area contributed by atoms with E-state index >= 15 is 0 Å². The van der Waals surface area contributed by atoms with E-state index in [0.29, 0.717) is 13.0 Å². The fourth-order valence-corrected chi connectivity index (χ4v) is 2.45. The minimum absolute atomic E-state index is 0.236. The molecule has 0 fully saturated rings. The van der Waals surface area contributed by atoms with Crippen LogP contribution in [0.5, 0.6) is 0 Å². The second kappa shape index (κ2) is 5.54. The lowest BCUT2D eigenvalue weighted by Gasteiger charge is -2.17. The van der Waals surface area contributed by atoms with E-state index in [2.05, 4.69) is 11.1 Å².